The van der Waals surface area contributed by atoms with Crippen LogP contribution in [0.25, 0.3) is 0 Å². The number of carboxylic acids is 1. The Labute approximate surface area is 159 Å². The summed E-state index contributed by atoms with van der Waals surface area (Å²) in [5, 5.41) is 8.88. The molecule has 2 aromatic rings. The van der Waals surface area contributed by atoms with Gasteiger partial charge in [-0.25, -0.2) is 14.0 Å². The smallest absolute Gasteiger partial charge is 0.337 e. The van der Waals surface area contributed by atoms with Crippen molar-refractivity contribution >= 4 is 29.3 Å². The Bertz CT molecular complexity index is 841. The molecule has 0 spiro atoms. The Kier molecular flexibility index (Phi) is 5.88. The van der Waals surface area contributed by atoms with Crippen molar-refractivity contribution < 1.29 is 23.8 Å². The zero-order chi connectivity index (χ0) is 19.4. The van der Waals surface area contributed by atoms with Crippen LogP contribution in [0.3, 0.4) is 0 Å². The van der Waals surface area contributed by atoms with Gasteiger partial charge in [0.1, 0.15) is 5.82 Å². The molecule has 2 heterocycles. The first-order valence-electron chi connectivity index (χ1n) is 8.23. The maximum atomic E-state index is 13.5. The van der Waals surface area contributed by atoms with Gasteiger partial charge in [-0.2, -0.15) is 0 Å². The maximum Gasteiger partial charge on any atom is 0.337 e. The van der Waals surface area contributed by atoms with Gasteiger partial charge < -0.3 is 14.7 Å². The summed E-state index contributed by atoms with van der Waals surface area (Å²) in [5.74, 6) is -1.66. The third-order valence-electron chi connectivity index (χ3n) is 4.12. The largest absolute Gasteiger partial charge is 0.478 e. The number of carbonyl (C=O) groups is 2. The van der Waals surface area contributed by atoms with E-state index in [1.165, 1.54) is 41.4 Å². The molecule has 9 heteroatoms. The summed E-state index contributed by atoms with van der Waals surface area (Å²) in [6.45, 7) is 1.84. The Hall–Kier alpha value is -2.71. The highest BCUT2D eigenvalue weighted by Gasteiger charge is 2.25. The van der Waals surface area contributed by atoms with E-state index in [0.29, 0.717) is 37.7 Å². The number of halogens is 2. The van der Waals surface area contributed by atoms with Crippen molar-refractivity contribution in [3.63, 3.8) is 0 Å². The highest BCUT2D eigenvalue weighted by molar-refractivity contribution is 6.31. The number of hydrogen-bond acceptors (Lipinski definition) is 4. The monoisotopic (exact) mass is 393 g/mol. The zero-order valence-corrected chi connectivity index (χ0v) is 15.0. The van der Waals surface area contributed by atoms with Crippen LogP contribution in [0.1, 0.15) is 16.1 Å². The van der Waals surface area contributed by atoms with Gasteiger partial charge in [-0.3, -0.25) is 9.88 Å². The third-order valence-corrected chi connectivity index (χ3v) is 4.41. The number of morpholine rings is 1. The highest BCUT2D eigenvalue weighted by atomic mass is 35.5. The van der Waals surface area contributed by atoms with Crippen molar-refractivity contribution in [3.8, 4) is 0 Å². The van der Waals surface area contributed by atoms with Crippen LogP contribution in [0.2, 0.25) is 5.02 Å². The van der Waals surface area contributed by atoms with Crippen LogP contribution in [-0.2, 0) is 11.3 Å². The number of carbonyl (C=O) groups excluding carboxylic acids is 1. The predicted molar refractivity (Wildman–Crippen MR) is 96.6 cm³/mol. The van der Waals surface area contributed by atoms with Gasteiger partial charge in [0, 0.05) is 25.0 Å². The number of rotatable bonds is 4. The number of carboxylic acid groups (broad SMARTS) is 1. The highest BCUT2D eigenvalue weighted by Crippen LogP contribution is 2.25. The zero-order valence-electron chi connectivity index (χ0n) is 14.3. The summed E-state index contributed by atoms with van der Waals surface area (Å²) in [5.41, 5.74) is 0.957. The van der Waals surface area contributed by atoms with Crippen LogP contribution in [-0.4, -0.2) is 53.3 Å². The molecule has 1 aromatic carbocycles. The third kappa shape index (κ3) is 4.53. The Morgan fingerprint density at radius 3 is 2.59 bits per heavy atom. The summed E-state index contributed by atoms with van der Waals surface area (Å²) >= 11 is 5.88. The minimum atomic E-state index is -1.08. The Morgan fingerprint density at radius 2 is 2.00 bits per heavy atom. The van der Waals surface area contributed by atoms with E-state index < -0.39 is 11.8 Å². The number of pyridine rings is 1. The molecular weight excluding hydrogens is 377 g/mol. The molecule has 0 bridgehead atoms. The quantitative estimate of drug-likeness (QED) is 0.863. The molecule has 0 aliphatic carbocycles. The lowest BCUT2D eigenvalue weighted by Gasteiger charge is -2.33. The van der Waals surface area contributed by atoms with Crippen LogP contribution in [0.4, 0.5) is 14.9 Å². The van der Waals surface area contributed by atoms with Gasteiger partial charge in [-0.05, 0) is 30.3 Å². The van der Waals surface area contributed by atoms with Crippen molar-refractivity contribution in [2.75, 3.05) is 31.2 Å². The van der Waals surface area contributed by atoms with Gasteiger partial charge >= 0.3 is 12.0 Å². The lowest BCUT2D eigenvalue weighted by Crippen LogP contribution is -2.48. The minimum Gasteiger partial charge on any atom is -0.478 e. The molecule has 3 rings (SSSR count). The van der Waals surface area contributed by atoms with Gasteiger partial charge in [0.05, 0.1) is 36.0 Å². The molecule has 2 amide bonds. The second kappa shape index (κ2) is 8.32. The predicted octanol–water partition coefficient (Wildman–Crippen LogP) is 3.03. The van der Waals surface area contributed by atoms with E-state index in [1.807, 2.05) is 0 Å². The van der Waals surface area contributed by atoms with Crippen LogP contribution in [0, 0.1) is 5.82 Å². The number of aromatic nitrogens is 1. The van der Waals surface area contributed by atoms with Crippen LogP contribution in [0.5, 0.6) is 0 Å². The molecule has 0 unspecified atom stereocenters. The molecule has 1 fully saturated rings. The van der Waals surface area contributed by atoms with Gasteiger partial charge in [-0.15, -0.1) is 0 Å². The fourth-order valence-corrected chi connectivity index (χ4v) is 2.83. The van der Waals surface area contributed by atoms with Crippen molar-refractivity contribution in [1.29, 1.82) is 0 Å². The van der Waals surface area contributed by atoms with Crippen molar-refractivity contribution in [2.45, 2.75) is 6.54 Å². The van der Waals surface area contributed by atoms with E-state index in [1.54, 1.807) is 4.90 Å². The van der Waals surface area contributed by atoms with Crippen LogP contribution >= 0.6 is 11.6 Å². The number of urea groups is 1. The van der Waals surface area contributed by atoms with Crippen molar-refractivity contribution in [3.05, 3.63) is 58.6 Å². The van der Waals surface area contributed by atoms with E-state index in [4.69, 9.17) is 21.4 Å². The number of nitrogens with zero attached hydrogens (tertiary/aromatic N) is 3. The molecule has 7 nitrogen and oxygen atoms in total. The lowest BCUT2D eigenvalue weighted by molar-refractivity contribution is 0.0548. The standard InChI is InChI=1S/C18H17ClFN3O4/c19-15-9-14(3-4-16(15)20)23(18(26)22-5-7-27-8-6-22)11-13-2-1-12(10-21-13)17(24)25/h1-4,9-10H,5-8,11H2,(H,24,25). The van der Waals surface area contributed by atoms with Gasteiger partial charge in [0.2, 0.25) is 0 Å². The molecule has 1 aromatic heterocycles. The van der Waals surface area contributed by atoms with E-state index in [-0.39, 0.29) is 23.2 Å². The number of anilines is 1. The lowest BCUT2D eigenvalue weighted by atomic mass is 10.2. The van der Waals surface area contributed by atoms with E-state index in [2.05, 4.69) is 4.98 Å². The Morgan fingerprint density at radius 1 is 1.26 bits per heavy atom. The number of benzene rings is 1. The summed E-state index contributed by atoms with van der Waals surface area (Å²) < 4.78 is 18.8. The second-order valence-electron chi connectivity index (χ2n) is 5.91. The van der Waals surface area contributed by atoms with E-state index in [0.717, 1.165) is 0 Å². The minimum absolute atomic E-state index is 0.0506. The number of aromatic carboxylic acids is 1. The molecule has 0 radical (unpaired) electrons. The van der Waals surface area contributed by atoms with Gasteiger partial charge in [-0.1, -0.05) is 11.6 Å². The first-order valence-corrected chi connectivity index (χ1v) is 8.61. The molecule has 1 aliphatic heterocycles. The first-order chi connectivity index (χ1) is 13.0. The Balaban J connectivity index is 1.89. The average molecular weight is 394 g/mol. The SMILES string of the molecule is O=C(O)c1ccc(CN(C(=O)N2CCOCC2)c2ccc(F)c(Cl)c2)nc1. The summed E-state index contributed by atoms with van der Waals surface area (Å²) in [6, 6.07) is 6.70. The van der Waals surface area contributed by atoms with E-state index in [9.17, 15) is 14.0 Å². The molecular formula is C18H17ClFN3O4. The second-order valence-corrected chi connectivity index (χ2v) is 6.32. The summed E-state index contributed by atoms with van der Waals surface area (Å²) in [6.07, 6.45) is 1.23. The number of amides is 2. The van der Waals surface area contributed by atoms with Crippen LogP contribution < -0.4 is 4.90 Å². The number of hydrogen-bond donors (Lipinski definition) is 1. The summed E-state index contributed by atoms with van der Waals surface area (Å²) in [7, 11) is 0. The molecule has 1 N–H and O–H groups in total. The fourth-order valence-electron chi connectivity index (χ4n) is 2.65. The molecule has 0 saturated carbocycles. The van der Waals surface area contributed by atoms with Crippen LogP contribution in [0.15, 0.2) is 36.5 Å². The molecule has 27 heavy (non-hydrogen) atoms. The topological polar surface area (TPSA) is 83.0 Å². The maximum absolute atomic E-state index is 13.5. The van der Waals surface area contributed by atoms with Crippen molar-refractivity contribution in [2.24, 2.45) is 0 Å². The molecule has 0 atom stereocenters. The number of ether oxygens (including phenoxy) is 1. The average Bonchev–Trinajstić information content (AvgIpc) is 2.69. The molecule has 142 valence electrons. The molecule has 1 aliphatic rings. The molecule has 1 saturated heterocycles. The van der Waals surface area contributed by atoms with Gasteiger partial charge in [0.25, 0.3) is 0 Å². The summed E-state index contributed by atoms with van der Waals surface area (Å²) in [4.78, 5) is 31.1. The van der Waals surface area contributed by atoms with E-state index >= 15 is 0 Å². The normalized spacial score (nSPS) is 14.1. The fraction of sp³-hybridized carbons (Fsp3) is 0.278. The van der Waals surface area contributed by atoms with Gasteiger partial charge in [0.15, 0.2) is 0 Å². The first kappa shape index (κ1) is 19.1. The van der Waals surface area contributed by atoms with Crippen molar-refractivity contribution in [1.82, 2.24) is 9.88 Å².